The molecular formula is C26H19ClFIN2O5S. The van der Waals surface area contributed by atoms with E-state index in [0.29, 0.717) is 22.1 Å². The van der Waals surface area contributed by atoms with Gasteiger partial charge in [-0.15, -0.1) is 0 Å². The number of nitrogens with zero attached hydrogens (tertiary/aromatic N) is 1. The summed E-state index contributed by atoms with van der Waals surface area (Å²) in [5, 5.41) is 2.49. The first-order chi connectivity index (χ1) is 17.7. The van der Waals surface area contributed by atoms with E-state index in [9.17, 15) is 18.8 Å². The second-order valence-corrected chi connectivity index (χ2v) is 10.3. The van der Waals surface area contributed by atoms with E-state index in [2.05, 4.69) is 27.9 Å². The fourth-order valence-corrected chi connectivity index (χ4v) is 5.24. The van der Waals surface area contributed by atoms with Crippen molar-refractivity contribution < 1.29 is 28.2 Å². The van der Waals surface area contributed by atoms with Gasteiger partial charge in [-0.1, -0.05) is 35.9 Å². The van der Waals surface area contributed by atoms with Crippen molar-refractivity contribution in [1.82, 2.24) is 4.90 Å². The van der Waals surface area contributed by atoms with Crippen molar-refractivity contribution in [2.24, 2.45) is 0 Å². The summed E-state index contributed by atoms with van der Waals surface area (Å²) in [5.41, 5.74) is 1.66. The number of methoxy groups -OCH3 is 1. The van der Waals surface area contributed by atoms with Gasteiger partial charge in [0.15, 0.2) is 11.5 Å². The number of hydrogen-bond donors (Lipinski definition) is 1. The Morgan fingerprint density at radius 1 is 1.16 bits per heavy atom. The van der Waals surface area contributed by atoms with E-state index in [0.717, 1.165) is 31.9 Å². The summed E-state index contributed by atoms with van der Waals surface area (Å²) >= 11 is 9.04. The minimum absolute atomic E-state index is 0.158. The molecule has 0 spiro atoms. The van der Waals surface area contributed by atoms with E-state index in [-0.39, 0.29) is 17.2 Å². The summed E-state index contributed by atoms with van der Waals surface area (Å²) in [6.07, 6.45) is 1.55. The predicted octanol–water partition coefficient (Wildman–Crippen LogP) is 6.35. The molecule has 37 heavy (non-hydrogen) atoms. The molecule has 0 bridgehead atoms. The molecule has 7 nitrogen and oxygen atoms in total. The minimum Gasteiger partial charge on any atom is -0.493 e. The van der Waals surface area contributed by atoms with Crippen LogP contribution in [-0.4, -0.2) is 35.6 Å². The van der Waals surface area contributed by atoms with Crippen molar-refractivity contribution in [1.29, 1.82) is 0 Å². The molecule has 3 amide bonds. The molecule has 1 saturated heterocycles. The third kappa shape index (κ3) is 6.62. The summed E-state index contributed by atoms with van der Waals surface area (Å²) in [7, 11) is 1.50. The van der Waals surface area contributed by atoms with Gasteiger partial charge in [-0.05, 0) is 82.4 Å². The Balaban J connectivity index is 1.48. The quantitative estimate of drug-likeness (QED) is 0.226. The zero-order chi connectivity index (χ0) is 26.5. The van der Waals surface area contributed by atoms with E-state index in [1.54, 1.807) is 24.3 Å². The van der Waals surface area contributed by atoms with Crippen molar-refractivity contribution in [2.45, 2.75) is 6.61 Å². The molecule has 1 heterocycles. The molecular weight excluding hydrogens is 634 g/mol. The molecule has 0 saturated carbocycles. The Morgan fingerprint density at radius 2 is 1.95 bits per heavy atom. The van der Waals surface area contributed by atoms with E-state index < -0.39 is 29.4 Å². The first-order valence-electron chi connectivity index (χ1n) is 10.8. The molecule has 11 heteroatoms. The maximum atomic E-state index is 13.3. The van der Waals surface area contributed by atoms with Crippen molar-refractivity contribution in [3.63, 3.8) is 0 Å². The molecule has 4 rings (SSSR count). The van der Waals surface area contributed by atoms with Gasteiger partial charge in [0.2, 0.25) is 5.91 Å². The van der Waals surface area contributed by atoms with Gasteiger partial charge in [0.05, 0.1) is 15.6 Å². The molecule has 1 aliphatic rings. The molecule has 1 fully saturated rings. The maximum absolute atomic E-state index is 13.3. The van der Waals surface area contributed by atoms with Crippen LogP contribution >= 0.6 is 46.0 Å². The Morgan fingerprint density at radius 3 is 2.68 bits per heavy atom. The molecule has 0 atom stereocenters. The average molecular weight is 653 g/mol. The van der Waals surface area contributed by atoms with Crippen LogP contribution in [0.15, 0.2) is 65.6 Å². The van der Waals surface area contributed by atoms with Gasteiger partial charge in [-0.3, -0.25) is 19.3 Å². The number of amides is 3. The van der Waals surface area contributed by atoms with Gasteiger partial charge in [0.25, 0.3) is 11.1 Å². The lowest BCUT2D eigenvalue weighted by Crippen LogP contribution is -2.36. The first-order valence-corrected chi connectivity index (χ1v) is 13.1. The topological polar surface area (TPSA) is 84.9 Å². The summed E-state index contributed by atoms with van der Waals surface area (Å²) in [6, 6.07) is 16.2. The second-order valence-electron chi connectivity index (χ2n) is 7.74. The number of halogens is 3. The van der Waals surface area contributed by atoms with Crippen LogP contribution in [0, 0.1) is 9.39 Å². The lowest BCUT2D eigenvalue weighted by Gasteiger charge is -2.14. The van der Waals surface area contributed by atoms with Gasteiger partial charge in [-0.2, -0.15) is 0 Å². The standard InChI is InChI=1S/C26H19ClFIN2O5S/c1-35-21-10-15(9-20(29)24(21)36-14-16-5-2-3-8-19(16)27)11-22-25(33)31(26(34)37-22)13-23(32)30-18-7-4-6-17(28)12-18/h2-12H,13-14H2,1H3,(H,30,32)/b22-11+. The number of rotatable bonds is 8. The van der Waals surface area contributed by atoms with Crippen molar-refractivity contribution in [3.8, 4) is 11.5 Å². The summed E-state index contributed by atoms with van der Waals surface area (Å²) in [4.78, 5) is 38.7. The number of anilines is 1. The minimum atomic E-state index is -0.620. The van der Waals surface area contributed by atoms with Crippen molar-refractivity contribution in [2.75, 3.05) is 19.0 Å². The Kier molecular flexibility index (Phi) is 8.72. The van der Waals surface area contributed by atoms with E-state index in [1.807, 2.05) is 18.2 Å². The lowest BCUT2D eigenvalue weighted by molar-refractivity contribution is -0.127. The second kappa shape index (κ2) is 12.0. The van der Waals surface area contributed by atoms with Gasteiger partial charge in [-0.25, -0.2) is 4.39 Å². The Hall–Kier alpha value is -3.09. The van der Waals surface area contributed by atoms with Crippen LogP contribution in [0.25, 0.3) is 6.08 Å². The normalized spacial score (nSPS) is 14.3. The van der Waals surface area contributed by atoms with Crippen LogP contribution in [-0.2, 0) is 16.2 Å². The van der Waals surface area contributed by atoms with Gasteiger partial charge in [0.1, 0.15) is 19.0 Å². The SMILES string of the molecule is COc1cc(/C=C2/SC(=O)N(CC(=O)Nc3cccc(F)c3)C2=O)cc(I)c1OCc1ccccc1Cl. The highest BCUT2D eigenvalue weighted by molar-refractivity contribution is 14.1. The summed E-state index contributed by atoms with van der Waals surface area (Å²) in [5.74, 6) is -0.777. The van der Waals surface area contributed by atoms with Gasteiger partial charge in [0, 0.05) is 16.3 Å². The monoisotopic (exact) mass is 652 g/mol. The number of carbonyl (C=O) groups excluding carboxylic acids is 3. The first kappa shape index (κ1) is 27.0. The maximum Gasteiger partial charge on any atom is 0.294 e. The van der Waals surface area contributed by atoms with E-state index in [1.165, 1.54) is 25.3 Å². The Labute approximate surface area is 235 Å². The molecule has 1 N–H and O–H groups in total. The zero-order valence-corrected chi connectivity index (χ0v) is 23.0. The fourth-order valence-electron chi connectivity index (χ4n) is 3.43. The number of benzene rings is 3. The highest BCUT2D eigenvalue weighted by atomic mass is 127. The van der Waals surface area contributed by atoms with Crippen molar-refractivity contribution >= 4 is 74.8 Å². The van der Waals surface area contributed by atoms with Crippen LogP contribution in [0.4, 0.5) is 14.9 Å². The highest BCUT2D eigenvalue weighted by Gasteiger charge is 2.36. The van der Waals surface area contributed by atoms with Crippen LogP contribution in [0.1, 0.15) is 11.1 Å². The molecule has 1 aliphatic heterocycles. The number of nitrogens with one attached hydrogen (secondary N) is 1. The lowest BCUT2D eigenvalue weighted by atomic mass is 10.1. The molecule has 0 unspecified atom stereocenters. The largest absolute Gasteiger partial charge is 0.493 e. The zero-order valence-electron chi connectivity index (χ0n) is 19.3. The van der Waals surface area contributed by atoms with Crippen LogP contribution in [0.5, 0.6) is 11.5 Å². The number of carbonyl (C=O) groups is 3. The number of imide groups is 1. The Bertz CT molecular complexity index is 1420. The molecule has 0 aliphatic carbocycles. The molecule has 0 aromatic heterocycles. The molecule has 190 valence electrons. The molecule has 0 radical (unpaired) electrons. The summed E-state index contributed by atoms with van der Waals surface area (Å²) < 4.78 is 25.5. The summed E-state index contributed by atoms with van der Waals surface area (Å²) in [6.45, 7) is -0.254. The fraction of sp³-hybridized carbons (Fsp3) is 0.115. The van der Waals surface area contributed by atoms with Crippen LogP contribution in [0.2, 0.25) is 5.02 Å². The average Bonchev–Trinajstić information content (AvgIpc) is 3.11. The van der Waals surface area contributed by atoms with E-state index in [4.69, 9.17) is 21.1 Å². The smallest absolute Gasteiger partial charge is 0.294 e. The molecule has 3 aromatic carbocycles. The third-order valence-electron chi connectivity index (χ3n) is 5.16. The number of hydrogen-bond acceptors (Lipinski definition) is 6. The highest BCUT2D eigenvalue weighted by Crippen LogP contribution is 2.38. The van der Waals surface area contributed by atoms with Gasteiger partial charge >= 0.3 is 0 Å². The number of ether oxygens (including phenoxy) is 2. The van der Waals surface area contributed by atoms with Gasteiger partial charge < -0.3 is 14.8 Å². The van der Waals surface area contributed by atoms with E-state index >= 15 is 0 Å². The third-order valence-corrected chi connectivity index (χ3v) is 7.24. The van der Waals surface area contributed by atoms with Crippen molar-refractivity contribution in [3.05, 3.63) is 91.1 Å². The van der Waals surface area contributed by atoms with Crippen LogP contribution < -0.4 is 14.8 Å². The van der Waals surface area contributed by atoms with Crippen LogP contribution in [0.3, 0.4) is 0 Å². The predicted molar refractivity (Wildman–Crippen MR) is 149 cm³/mol. The molecule has 3 aromatic rings. The number of thioether (sulfide) groups is 1.